The molecule has 1 aromatic carbocycles. The monoisotopic (exact) mass is 290 g/mol. The number of hydrogen-bond donors (Lipinski definition) is 0. The lowest BCUT2D eigenvalue weighted by atomic mass is 10.0. The Morgan fingerprint density at radius 3 is 2.55 bits per heavy atom. The lowest BCUT2D eigenvalue weighted by Gasteiger charge is -2.10. The summed E-state index contributed by atoms with van der Waals surface area (Å²) in [5, 5.41) is 4.60. The van der Waals surface area contributed by atoms with Crippen molar-refractivity contribution in [1.82, 2.24) is 9.78 Å². The molecule has 0 bridgehead atoms. The molecule has 2 aromatic rings. The van der Waals surface area contributed by atoms with E-state index < -0.39 is 0 Å². The van der Waals surface area contributed by atoms with Crippen molar-refractivity contribution in [1.29, 1.82) is 0 Å². The summed E-state index contributed by atoms with van der Waals surface area (Å²) >= 11 is 6.08. The molecule has 0 unspecified atom stereocenters. The fourth-order valence-electron chi connectivity index (χ4n) is 2.12. The zero-order chi connectivity index (χ0) is 14.7. The highest BCUT2D eigenvalue weighted by Gasteiger charge is 2.18. The van der Waals surface area contributed by atoms with Gasteiger partial charge >= 0.3 is 0 Å². The number of rotatable bonds is 5. The summed E-state index contributed by atoms with van der Waals surface area (Å²) in [6.07, 6.45) is 2.71. The highest BCUT2D eigenvalue weighted by atomic mass is 35.5. The van der Waals surface area contributed by atoms with Gasteiger partial charge in [-0.15, -0.1) is 0 Å². The van der Waals surface area contributed by atoms with Gasteiger partial charge in [-0.2, -0.15) is 5.10 Å². The molecule has 0 fully saturated rings. The van der Waals surface area contributed by atoms with Gasteiger partial charge in [0.25, 0.3) is 0 Å². The SMILES string of the molecule is Cc1ccc(CCC(=O)c2c(Cl)cnn2C(C)C)cc1. The average Bonchev–Trinajstić information content (AvgIpc) is 2.80. The van der Waals surface area contributed by atoms with Gasteiger partial charge in [-0.25, -0.2) is 0 Å². The first-order valence-corrected chi connectivity index (χ1v) is 7.18. The molecule has 0 aliphatic rings. The van der Waals surface area contributed by atoms with E-state index in [9.17, 15) is 4.79 Å². The van der Waals surface area contributed by atoms with Crippen LogP contribution >= 0.6 is 11.6 Å². The zero-order valence-electron chi connectivity index (χ0n) is 12.1. The van der Waals surface area contributed by atoms with Crippen molar-refractivity contribution in [2.45, 2.75) is 39.7 Å². The number of aromatic nitrogens is 2. The molecule has 0 spiro atoms. The van der Waals surface area contributed by atoms with Crippen molar-refractivity contribution in [2.24, 2.45) is 0 Å². The average molecular weight is 291 g/mol. The molecule has 20 heavy (non-hydrogen) atoms. The number of benzene rings is 1. The number of halogens is 1. The lowest BCUT2D eigenvalue weighted by Crippen LogP contribution is -2.13. The Morgan fingerprint density at radius 2 is 1.95 bits per heavy atom. The van der Waals surface area contributed by atoms with Crippen LogP contribution in [-0.2, 0) is 6.42 Å². The van der Waals surface area contributed by atoms with Crippen LogP contribution in [0.2, 0.25) is 5.02 Å². The molecule has 0 atom stereocenters. The summed E-state index contributed by atoms with van der Waals surface area (Å²) in [6.45, 7) is 6.02. The maximum atomic E-state index is 12.3. The maximum absolute atomic E-state index is 12.3. The summed E-state index contributed by atoms with van der Waals surface area (Å²) in [4.78, 5) is 12.3. The van der Waals surface area contributed by atoms with Crippen molar-refractivity contribution >= 4 is 17.4 Å². The molecule has 2 rings (SSSR count). The van der Waals surface area contributed by atoms with Crippen LogP contribution < -0.4 is 0 Å². The van der Waals surface area contributed by atoms with Crippen molar-refractivity contribution in [3.05, 3.63) is 52.3 Å². The molecule has 0 aliphatic heterocycles. The van der Waals surface area contributed by atoms with Crippen molar-refractivity contribution < 1.29 is 4.79 Å². The number of carbonyl (C=O) groups excluding carboxylic acids is 1. The summed E-state index contributed by atoms with van der Waals surface area (Å²) < 4.78 is 1.69. The number of nitrogens with zero attached hydrogens (tertiary/aromatic N) is 2. The predicted octanol–water partition coefficient (Wildman–Crippen LogP) is 4.24. The molecular formula is C16H19ClN2O. The molecule has 3 nitrogen and oxygen atoms in total. The number of Topliss-reactive ketones (excluding diaryl/α,β-unsaturated/α-hetero) is 1. The van der Waals surface area contributed by atoms with Gasteiger partial charge in [0.2, 0.25) is 0 Å². The molecule has 106 valence electrons. The fraction of sp³-hybridized carbons (Fsp3) is 0.375. The summed E-state index contributed by atoms with van der Waals surface area (Å²) in [6, 6.07) is 8.37. The summed E-state index contributed by atoms with van der Waals surface area (Å²) in [5.74, 6) is 0.0433. The maximum Gasteiger partial charge on any atom is 0.182 e. The molecule has 0 N–H and O–H groups in total. The molecule has 0 radical (unpaired) electrons. The van der Waals surface area contributed by atoms with Crippen LogP contribution in [0, 0.1) is 6.92 Å². The highest BCUT2D eigenvalue weighted by molar-refractivity contribution is 6.33. The van der Waals surface area contributed by atoms with Gasteiger partial charge in [0.05, 0.1) is 11.2 Å². The van der Waals surface area contributed by atoms with Gasteiger partial charge in [0.1, 0.15) is 5.69 Å². The van der Waals surface area contributed by atoms with E-state index in [4.69, 9.17) is 11.6 Å². The minimum atomic E-state index is 0.0433. The van der Waals surface area contributed by atoms with Crippen molar-refractivity contribution in [2.75, 3.05) is 0 Å². The van der Waals surface area contributed by atoms with Crippen LogP contribution in [0.15, 0.2) is 30.5 Å². The third-order valence-corrected chi connectivity index (χ3v) is 3.54. The molecule has 0 amide bonds. The van der Waals surface area contributed by atoms with Gasteiger partial charge in [-0.3, -0.25) is 9.48 Å². The molecule has 4 heteroatoms. The highest BCUT2D eigenvalue weighted by Crippen LogP contribution is 2.21. The quantitative estimate of drug-likeness (QED) is 0.772. The molecular weight excluding hydrogens is 272 g/mol. The first-order valence-electron chi connectivity index (χ1n) is 6.80. The third kappa shape index (κ3) is 3.28. The van der Waals surface area contributed by atoms with Gasteiger partial charge in [-0.05, 0) is 32.8 Å². The number of aryl methyl sites for hydroxylation is 2. The smallest absolute Gasteiger partial charge is 0.182 e. The molecule has 0 saturated heterocycles. The second kappa shape index (κ2) is 6.23. The van der Waals surface area contributed by atoms with Gasteiger partial charge < -0.3 is 0 Å². The Kier molecular flexibility index (Phi) is 4.61. The van der Waals surface area contributed by atoms with E-state index >= 15 is 0 Å². The topological polar surface area (TPSA) is 34.9 Å². The second-order valence-corrected chi connectivity index (χ2v) is 5.70. The normalized spacial score (nSPS) is 11.1. The Balaban J connectivity index is 2.09. The number of hydrogen-bond acceptors (Lipinski definition) is 2. The largest absolute Gasteiger partial charge is 0.292 e. The minimum absolute atomic E-state index is 0.0433. The summed E-state index contributed by atoms with van der Waals surface area (Å²) in [7, 11) is 0. The minimum Gasteiger partial charge on any atom is -0.292 e. The van der Waals surface area contributed by atoms with E-state index in [0.29, 0.717) is 17.1 Å². The lowest BCUT2D eigenvalue weighted by molar-refractivity contribution is 0.0970. The predicted molar refractivity (Wildman–Crippen MR) is 81.5 cm³/mol. The van der Waals surface area contributed by atoms with Crippen LogP contribution in [0.4, 0.5) is 0 Å². The van der Waals surface area contributed by atoms with Gasteiger partial charge in [-0.1, -0.05) is 41.4 Å². The van der Waals surface area contributed by atoms with Crippen LogP contribution in [0.1, 0.15) is 47.9 Å². The van der Waals surface area contributed by atoms with E-state index in [0.717, 1.165) is 12.0 Å². The van der Waals surface area contributed by atoms with Gasteiger partial charge in [0.15, 0.2) is 5.78 Å². The molecule has 0 saturated carbocycles. The summed E-state index contributed by atoms with van der Waals surface area (Å²) in [5.41, 5.74) is 2.91. The van der Waals surface area contributed by atoms with E-state index in [2.05, 4.69) is 36.3 Å². The third-order valence-electron chi connectivity index (χ3n) is 3.27. The molecule has 1 aromatic heterocycles. The van der Waals surface area contributed by atoms with Crippen LogP contribution in [-0.4, -0.2) is 15.6 Å². The fourth-order valence-corrected chi connectivity index (χ4v) is 2.36. The van der Waals surface area contributed by atoms with Gasteiger partial charge in [0, 0.05) is 12.5 Å². The Morgan fingerprint density at radius 1 is 1.30 bits per heavy atom. The molecule has 1 heterocycles. The van der Waals surface area contributed by atoms with Crippen molar-refractivity contribution in [3.63, 3.8) is 0 Å². The Bertz CT molecular complexity index is 599. The van der Waals surface area contributed by atoms with E-state index in [1.54, 1.807) is 10.9 Å². The molecule has 0 aliphatic carbocycles. The standard InChI is InChI=1S/C16H19ClN2O/c1-11(2)19-16(14(17)10-18-19)15(20)9-8-13-6-4-12(3)5-7-13/h4-7,10-11H,8-9H2,1-3H3. The van der Waals surface area contributed by atoms with E-state index in [1.807, 2.05) is 13.8 Å². The van der Waals surface area contributed by atoms with E-state index in [1.165, 1.54) is 5.56 Å². The van der Waals surface area contributed by atoms with Crippen molar-refractivity contribution in [3.8, 4) is 0 Å². The van der Waals surface area contributed by atoms with Crippen LogP contribution in [0.25, 0.3) is 0 Å². The number of ketones is 1. The second-order valence-electron chi connectivity index (χ2n) is 5.29. The van der Waals surface area contributed by atoms with Crippen LogP contribution in [0.3, 0.4) is 0 Å². The first kappa shape index (κ1) is 14.8. The number of carbonyl (C=O) groups is 1. The van der Waals surface area contributed by atoms with Crippen LogP contribution in [0.5, 0.6) is 0 Å². The van der Waals surface area contributed by atoms with E-state index in [-0.39, 0.29) is 11.8 Å². The zero-order valence-corrected chi connectivity index (χ0v) is 12.8. The Hall–Kier alpha value is -1.61. The first-order chi connectivity index (χ1) is 9.49. The Labute approximate surface area is 124 Å².